The first-order chi connectivity index (χ1) is 19.4. The number of fused-ring (bicyclic) bond motifs is 2. The topological polar surface area (TPSA) is 138 Å². The number of carbonyl (C=O) groups is 3. The maximum atomic E-state index is 13.6. The Bertz CT molecular complexity index is 1410. The van der Waals surface area contributed by atoms with Crippen LogP contribution in [0.15, 0.2) is 47.5 Å². The van der Waals surface area contributed by atoms with Gasteiger partial charge in [0.15, 0.2) is 12.1 Å². The summed E-state index contributed by atoms with van der Waals surface area (Å²) in [7, 11) is 3.30. The second-order valence-electron chi connectivity index (χ2n) is 11.8. The number of hydrogen-bond acceptors (Lipinski definition) is 7. The van der Waals surface area contributed by atoms with Gasteiger partial charge in [-0.15, -0.1) is 0 Å². The number of benzene rings is 2. The maximum Gasteiger partial charge on any atom is 0.263 e. The quantitative estimate of drug-likeness (QED) is 0.496. The molecular weight excluding hydrogens is 522 g/mol. The molecular formula is C31H39N5O5. The van der Waals surface area contributed by atoms with Crippen LogP contribution in [0.4, 0.5) is 0 Å². The van der Waals surface area contributed by atoms with Gasteiger partial charge in [-0.2, -0.15) is 0 Å². The van der Waals surface area contributed by atoms with E-state index in [1.165, 1.54) is 9.80 Å². The number of aliphatic imine (C=N–C) groups is 1. The molecule has 4 atom stereocenters. The van der Waals surface area contributed by atoms with Crippen molar-refractivity contribution < 1.29 is 24.2 Å². The molecule has 4 N–H and O–H groups in total. The van der Waals surface area contributed by atoms with Crippen LogP contribution in [-0.2, 0) is 16.0 Å². The normalized spacial score (nSPS) is 26.4. The van der Waals surface area contributed by atoms with E-state index in [2.05, 4.69) is 5.32 Å². The first kappa shape index (κ1) is 28.6. The number of ether oxygens (including phenoxy) is 1. The Balaban J connectivity index is 1.51. The summed E-state index contributed by atoms with van der Waals surface area (Å²) in [6.45, 7) is 5.70. The number of nitrogens with one attached hydrogen (secondary N) is 1. The molecule has 0 saturated carbocycles. The monoisotopic (exact) mass is 561 g/mol. The zero-order valence-corrected chi connectivity index (χ0v) is 24.3. The fraction of sp³-hybridized carbons (Fsp3) is 0.484. The van der Waals surface area contributed by atoms with Gasteiger partial charge in [0, 0.05) is 38.1 Å². The number of nitrogens with zero attached hydrogens (tertiary/aromatic N) is 3. The Morgan fingerprint density at radius 2 is 1.85 bits per heavy atom. The molecule has 3 amide bonds. The van der Waals surface area contributed by atoms with Crippen LogP contribution in [0, 0.1) is 0 Å². The number of guanidine groups is 1. The lowest BCUT2D eigenvalue weighted by molar-refractivity contribution is -0.140. The van der Waals surface area contributed by atoms with Crippen molar-refractivity contribution >= 4 is 23.7 Å². The van der Waals surface area contributed by atoms with E-state index in [1.807, 2.05) is 38.1 Å². The number of amides is 3. The van der Waals surface area contributed by atoms with Gasteiger partial charge in [-0.1, -0.05) is 38.1 Å². The molecule has 2 heterocycles. The van der Waals surface area contributed by atoms with Crippen molar-refractivity contribution in [2.75, 3.05) is 14.1 Å². The third kappa shape index (κ3) is 5.05. The molecule has 0 spiro atoms. The highest BCUT2D eigenvalue weighted by atomic mass is 16.5. The van der Waals surface area contributed by atoms with Gasteiger partial charge in [-0.05, 0) is 49.1 Å². The number of hydrogen-bond donors (Lipinski definition) is 3. The van der Waals surface area contributed by atoms with Crippen LogP contribution in [0.3, 0.4) is 0 Å². The highest BCUT2D eigenvalue weighted by Crippen LogP contribution is 2.43. The van der Waals surface area contributed by atoms with Crippen molar-refractivity contribution in [1.29, 1.82) is 0 Å². The third-order valence-corrected chi connectivity index (χ3v) is 8.84. The first-order valence-corrected chi connectivity index (χ1v) is 14.2. The molecule has 41 heavy (non-hydrogen) atoms. The average Bonchev–Trinajstić information content (AvgIpc) is 3.20. The Labute approximate surface area is 240 Å². The summed E-state index contributed by atoms with van der Waals surface area (Å²) < 4.78 is 6.10. The molecule has 3 aliphatic rings. The molecule has 2 aliphatic heterocycles. The van der Waals surface area contributed by atoms with Crippen LogP contribution in [0.25, 0.3) is 0 Å². The van der Waals surface area contributed by atoms with Crippen LogP contribution in [0.1, 0.15) is 85.6 Å². The lowest BCUT2D eigenvalue weighted by atomic mass is 9.86. The standard InChI is InChI=1S/C31H39N5O5/c1-6-31(7-2)17-25(37)36(29(32)34-31)22-15-24(28(39)35(4)5)41-23-13-12-18(14-21(22)23)27(38)33-26-20-11-9-8-10-19(20)16-30(26,3)40/h8-14,22,24,26,40H,6-7,15-17H2,1-5H3,(H2,32,34)(H,33,38)/t22-,24?,26-,30-/m1/s1. The Morgan fingerprint density at radius 1 is 1.15 bits per heavy atom. The van der Waals surface area contributed by atoms with Gasteiger partial charge in [0.25, 0.3) is 11.8 Å². The molecule has 2 aromatic carbocycles. The molecule has 5 rings (SSSR count). The van der Waals surface area contributed by atoms with E-state index in [0.717, 1.165) is 11.1 Å². The molecule has 10 nitrogen and oxygen atoms in total. The van der Waals surface area contributed by atoms with Gasteiger partial charge in [0.1, 0.15) is 5.75 Å². The molecule has 218 valence electrons. The summed E-state index contributed by atoms with van der Waals surface area (Å²) in [5, 5.41) is 14.1. The van der Waals surface area contributed by atoms with Crippen LogP contribution >= 0.6 is 0 Å². The van der Waals surface area contributed by atoms with Gasteiger partial charge in [-0.25, -0.2) is 4.99 Å². The molecule has 0 fully saturated rings. The van der Waals surface area contributed by atoms with Crippen molar-refractivity contribution in [3.8, 4) is 5.75 Å². The maximum absolute atomic E-state index is 13.6. The highest BCUT2D eigenvalue weighted by Gasteiger charge is 2.45. The molecule has 1 aliphatic carbocycles. The molecule has 0 bridgehead atoms. The number of likely N-dealkylation sites (N-methyl/N-ethyl adjacent to an activating group) is 1. The summed E-state index contributed by atoms with van der Waals surface area (Å²) in [5.74, 6) is -0.279. The van der Waals surface area contributed by atoms with Gasteiger partial charge in [0.05, 0.1) is 29.6 Å². The van der Waals surface area contributed by atoms with E-state index in [4.69, 9.17) is 15.5 Å². The summed E-state index contributed by atoms with van der Waals surface area (Å²) in [6.07, 6.45) is 1.31. The first-order valence-electron chi connectivity index (χ1n) is 14.2. The molecule has 2 aromatic rings. The van der Waals surface area contributed by atoms with Gasteiger partial charge >= 0.3 is 0 Å². The minimum Gasteiger partial charge on any atom is -0.480 e. The number of rotatable bonds is 6. The van der Waals surface area contributed by atoms with Crippen molar-refractivity contribution in [2.45, 2.75) is 82.2 Å². The molecule has 0 aromatic heterocycles. The van der Waals surface area contributed by atoms with Crippen molar-refractivity contribution in [3.63, 3.8) is 0 Å². The van der Waals surface area contributed by atoms with Crippen molar-refractivity contribution in [1.82, 2.24) is 15.1 Å². The predicted molar refractivity (Wildman–Crippen MR) is 154 cm³/mol. The lowest BCUT2D eigenvalue weighted by Gasteiger charge is -2.43. The third-order valence-electron chi connectivity index (χ3n) is 8.84. The molecule has 0 radical (unpaired) electrons. The molecule has 0 saturated heterocycles. The highest BCUT2D eigenvalue weighted by molar-refractivity contribution is 6.00. The summed E-state index contributed by atoms with van der Waals surface area (Å²) in [6, 6.07) is 11.4. The van der Waals surface area contributed by atoms with E-state index >= 15 is 0 Å². The van der Waals surface area contributed by atoms with Crippen LogP contribution < -0.4 is 15.8 Å². The number of carbonyl (C=O) groups excluding carboxylic acids is 3. The van der Waals surface area contributed by atoms with Gasteiger partial charge < -0.3 is 25.8 Å². The van der Waals surface area contributed by atoms with Crippen molar-refractivity contribution in [2.24, 2.45) is 10.7 Å². The smallest absolute Gasteiger partial charge is 0.263 e. The Morgan fingerprint density at radius 3 is 2.51 bits per heavy atom. The summed E-state index contributed by atoms with van der Waals surface area (Å²) >= 11 is 0. The predicted octanol–water partition coefficient (Wildman–Crippen LogP) is 2.85. The SMILES string of the molecule is CCC1(CC)CC(=O)N([C@@H]2CC(C(=O)N(C)C)Oc3ccc(C(=O)N[C@@H]4c5ccccc5C[C@@]4(C)O)cc32)C(N)=N1. The molecule has 1 unspecified atom stereocenters. The van der Waals surface area contributed by atoms with E-state index in [1.54, 1.807) is 39.2 Å². The minimum atomic E-state index is -1.14. The van der Waals surface area contributed by atoms with E-state index in [0.29, 0.717) is 36.1 Å². The van der Waals surface area contributed by atoms with E-state index in [9.17, 15) is 19.5 Å². The van der Waals surface area contributed by atoms with Crippen molar-refractivity contribution in [3.05, 3.63) is 64.7 Å². The van der Waals surface area contributed by atoms with Crippen LogP contribution in [0.2, 0.25) is 0 Å². The lowest BCUT2D eigenvalue weighted by Crippen LogP contribution is -2.54. The Kier molecular flexibility index (Phi) is 7.31. The number of aliphatic hydroxyl groups is 1. The summed E-state index contributed by atoms with van der Waals surface area (Å²) in [5.41, 5.74) is 7.55. The number of nitrogens with two attached hydrogens (primary N) is 1. The fourth-order valence-electron chi connectivity index (χ4n) is 6.34. The van der Waals surface area contributed by atoms with E-state index < -0.39 is 29.3 Å². The second-order valence-corrected chi connectivity index (χ2v) is 11.8. The minimum absolute atomic E-state index is 0.104. The van der Waals surface area contributed by atoms with Gasteiger partial charge in [-0.3, -0.25) is 19.3 Å². The zero-order valence-electron chi connectivity index (χ0n) is 24.3. The fourth-order valence-corrected chi connectivity index (χ4v) is 6.34. The zero-order chi connectivity index (χ0) is 29.7. The molecule has 10 heteroatoms. The van der Waals surface area contributed by atoms with Crippen LogP contribution in [0.5, 0.6) is 5.75 Å². The summed E-state index contributed by atoms with van der Waals surface area (Å²) in [4.78, 5) is 47.8. The average molecular weight is 562 g/mol. The largest absolute Gasteiger partial charge is 0.480 e. The van der Waals surface area contributed by atoms with Crippen LogP contribution in [-0.4, -0.2) is 69.9 Å². The Hall–Kier alpha value is -3.92. The van der Waals surface area contributed by atoms with Gasteiger partial charge in [0.2, 0.25) is 5.91 Å². The second kappa shape index (κ2) is 10.5. The van der Waals surface area contributed by atoms with E-state index in [-0.39, 0.29) is 36.5 Å².